The first-order valence-electron chi connectivity index (χ1n) is 5.77. The van der Waals surface area contributed by atoms with Crippen LogP contribution < -0.4 is 0 Å². The van der Waals surface area contributed by atoms with Gasteiger partial charge in [0.05, 0.1) is 5.56 Å². The van der Waals surface area contributed by atoms with E-state index < -0.39 is 11.7 Å². The first-order chi connectivity index (χ1) is 9.29. The molecule has 0 saturated carbocycles. The molecule has 0 fully saturated rings. The SMILES string of the molecule is Cc1cc(Cl)ccc1C(=O)c1ccc(C(F)(F)F)cc1. The average molecular weight is 299 g/mol. The van der Waals surface area contributed by atoms with E-state index in [0.717, 1.165) is 12.1 Å². The summed E-state index contributed by atoms with van der Waals surface area (Å²) in [4.78, 5) is 12.2. The first kappa shape index (κ1) is 14.6. The fourth-order valence-corrected chi connectivity index (χ4v) is 2.07. The Bertz CT molecular complexity index is 645. The van der Waals surface area contributed by atoms with Crippen molar-refractivity contribution in [1.29, 1.82) is 0 Å². The zero-order valence-electron chi connectivity index (χ0n) is 10.5. The summed E-state index contributed by atoms with van der Waals surface area (Å²) in [5.41, 5.74) is 0.543. The maximum Gasteiger partial charge on any atom is 0.416 e. The highest BCUT2D eigenvalue weighted by Gasteiger charge is 2.30. The Kier molecular flexibility index (Phi) is 3.86. The van der Waals surface area contributed by atoms with E-state index in [1.807, 2.05) is 0 Å². The summed E-state index contributed by atoms with van der Waals surface area (Å²) in [6, 6.07) is 8.94. The number of alkyl halides is 3. The standard InChI is InChI=1S/C15H10ClF3O/c1-9-8-12(16)6-7-13(9)14(20)10-2-4-11(5-3-10)15(17,18)19/h2-8H,1H3. The number of aryl methyl sites for hydroxylation is 1. The van der Waals surface area contributed by atoms with E-state index in [-0.39, 0.29) is 11.3 Å². The van der Waals surface area contributed by atoms with Gasteiger partial charge >= 0.3 is 6.18 Å². The van der Waals surface area contributed by atoms with Crippen LogP contribution >= 0.6 is 11.6 Å². The molecule has 0 spiro atoms. The Hall–Kier alpha value is -1.81. The van der Waals surface area contributed by atoms with Gasteiger partial charge in [-0.1, -0.05) is 23.7 Å². The highest BCUT2D eigenvalue weighted by atomic mass is 35.5. The van der Waals surface area contributed by atoms with Crippen molar-refractivity contribution in [3.63, 3.8) is 0 Å². The van der Waals surface area contributed by atoms with Gasteiger partial charge in [0.2, 0.25) is 0 Å². The fraction of sp³-hybridized carbons (Fsp3) is 0.133. The summed E-state index contributed by atoms with van der Waals surface area (Å²) in [5.74, 6) is -0.326. The molecule has 0 aliphatic rings. The number of hydrogen-bond acceptors (Lipinski definition) is 1. The largest absolute Gasteiger partial charge is 0.416 e. The monoisotopic (exact) mass is 298 g/mol. The maximum absolute atomic E-state index is 12.5. The summed E-state index contributed by atoms with van der Waals surface area (Å²) < 4.78 is 37.4. The third kappa shape index (κ3) is 3.02. The zero-order chi connectivity index (χ0) is 14.9. The quantitative estimate of drug-likeness (QED) is 0.721. The Morgan fingerprint density at radius 1 is 1.05 bits per heavy atom. The molecule has 0 atom stereocenters. The van der Waals surface area contributed by atoms with Crippen LogP contribution in [-0.4, -0.2) is 5.78 Å². The molecule has 5 heteroatoms. The van der Waals surface area contributed by atoms with Crippen LogP contribution in [0.15, 0.2) is 42.5 Å². The number of halogens is 4. The minimum absolute atomic E-state index is 0.212. The van der Waals surface area contributed by atoms with Crippen molar-refractivity contribution in [2.24, 2.45) is 0 Å². The van der Waals surface area contributed by atoms with Crippen LogP contribution in [-0.2, 0) is 6.18 Å². The predicted molar refractivity (Wildman–Crippen MR) is 71.1 cm³/mol. The summed E-state index contributed by atoms with van der Waals surface area (Å²) in [7, 11) is 0. The molecule has 0 aromatic heterocycles. The van der Waals surface area contributed by atoms with Gasteiger partial charge in [0.25, 0.3) is 0 Å². The Morgan fingerprint density at radius 2 is 1.65 bits per heavy atom. The van der Waals surface area contributed by atoms with E-state index in [0.29, 0.717) is 16.1 Å². The highest BCUT2D eigenvalue weighted by molar-refractivity contribution is 6.30. The summed E-state index contributed by atoms with van der Waals surface area (Å²) in [6.07, 6.45) is -4.40. The summed E-state index contributed by atoms with van der Waals surface area (Å²) in [6.45, 7) is 1.73. The molecule has 104 valence electrons. The number of hydrogen-bond donors (Lipinski definition) is 0. The molecule has 0 N–H and O–H groups in total. The summed E-state index contributed by atoms with van der Waals surface area (Å²) in [5, 5.41) is 0.506. The molecule has 0 aliphatic heterocycles. The van der Waals surface area contributed by atoms with Crippen LogP contribution in [0.3, 0.4) is 0 Å². The molecule has 2 aromatic carbocycles. The number of benzene rings is 2. The van der Waals surface area contributed by atoms with Crippen molar-refractivity contribution in [1.82, 2.24) is 0 Å². The van der Waals surface area contributed by atoms with Gasteiger partial charge in [-0.15, -0.1) is 0 Å². The maximum atomic E-state index is 12.5. The third-order valence-electron chi connectivity index (χ3n) is 2.91. The topological polar surface area (TPSA) is 17.1 Å². The van der Waals surface area contributed by atoms with E-state index in [1.165, 1.54) is 12.1 Å². The molecule has 1 nitrogen and oxygen atoms in total. The Balaban J connectivity index is 2.34. The molecule has 0 amide bonds. The average Bonchev–Trinajstić information content (AvgIpc) is 2.37. The van der Waals surface area contributed by atoms with Crippen LogP contribution in [0.5, 0.6) is 0 Å². The van der Waals surface area contributed by atoms with E-state index in [9.17, 15) is 18.0 Å². The van der Waals surface area contributed by atoms with Crippen molar-refractivity contribution in [2.45, 2.75) is 13.1 Å². The normalized spacial score (nSPS) is 11.4. The fourth-order valence-electron chi connectivity index (χ4n) is 1.85. The van der Waals surface area contributed by atoms with Gasteiger partial charge in [0.15, 0.2) is 5.78 Å². The lowest BCUT2D eigenvalue weighted by atomic mass is 9.98. The molecule has 2 rings (SSSR count). The second-order valence-corrected chi connectivity index (χ2v) is 4.80. The second-order valence-electron chi connectivity index (χ2n) is 4.36. The minimum Gasteiger partial charge on any atom is -0.289 e. The van der Waals surface area contributed by atoms with Crippen LogP contribution in [0.1, 0.15) is 27.0 Å². The number of ketones is 1. The van der Waals surface area contributed by atoms with Crippen molar-refractivity contribution >= 4 is 17.4 Å². The predicted octanol–water partition coefficient (Wildman–Crippen LogP) is 4.90. The lowest BCUT2D eigenvalue weighted by Gasteiger charge is -2.08. The van der Waals surface area contributed by atoms with E-state index in [2.05, 4.69) is 0 Å². The van der Waals surface area contributed by atoms with Crippen molar-refractivity contribution in [2.75, 3.05) is 0 Å². The van der Waals surface area contributed by atoms with Gasteiger partial charge < -0.3 is 0 Å². The second kappa shape index (κ2) is 5.29. The molecule has 0 bridgehead atoms. The van der Waals surface area contributed by atoms with Gasteiger partial charge in [-0.25, -0.2) is 0 Å². The summed E-state index contributed by atoms with van der Waals surface area (Å²) >= 11 is 5.80. The van der Waals surface area contributed by atoms with Gasteiger partial charge in [-0.05, 0) is 42.8 Å². The van der Waals surface area contributed by atoms with Gasteiger partial charge in [-0.3, -0.25) is 4.79 Å². The van der Waals surface area contributed by atoms with Crippen LogP contribution in [0.4, 0.5) is 13.2 Å². The molecular formula is C15H10ClF3O. The Morgan fingerprint density at radius 3 is 2.15 bits per heavy atom. The number of carbonyl (C=O) groups excluding carboxylic acids is 1. The first-order valence-corrected chi connectivity index (χ1v) is 6.15. The molecule has 0 aliphatic carbocycles. The Labute approximate surface area is 119 Å². The number of rotatable bonds is 2. The lowest BCUT2D eigenvalue weighted by molar-refractivity contribution is -0.137. The molecule has 20 heavy (non-hydrogen) atoms. The molecule has 2 aromatic rings. The van der Waals surface area contributed by atoms with Gasteiger partial charge in [0, 0.05) is 16.1 Å². The van der Waals surface area contributed by atoms with Crippen LogP contribution in [0.2, 0.25) is 5.02 Å². The van der Waals surface area contributed by atoms with E-state index in [1.54, 1.807) is 25.1 Å². The molecule has 0 heterocycles. The van der Waals surface area contributed by atoms with Gasteiger partial charge in [0.1, 0.15) is 0 Å². The molecule has 0 radical (unpaired) electrons. The molecular weight excluding hydrogens is 289 g/mol. The van der Waals surface area contributed by atoms with E-state index >= 15 is 0 Å². The van der Waals surface area contributed by atoms with Crippen molar-refractivity contribution in [3.05, 3.63) is 69.7 Å². The highest BCUT2D eigenvalue weighted by Crippen LogP contribution is 2.29. The van der Waals surface area contributed by atoms with Crippen molar-refractivity contribution < 1.29 is 18.0 Å². The molecule has 0 saturated heterocycles. The lowest BCUT2D eigenvalue weighted by Crippen LogP contribution is -2.07. The number of carbonyl (C=O) groups is 1. The van der Waals surface area contributed by atoms with E-state index in [4.69, 9.17) is 11.6 Å². The van der Waals surface area contributed by atoms with Crippen LogP contribution in [0.25, 0.3) is 0 Å². The zero-order valence-corrected chi connectivity index (χ0v) is 11.2. The van der Waals surface area contributed by atoms with Crippen molar-refractivity contribution in [3.8, 4) is 0 Å². The molecule has 0 unspecified atom stereocenters. The minimum atomic E-state index is -4.40. The third-order valence-corrected chi connectivity index (χ3v) is 3.14. The van der Waals surface area contributed by atoms with Crippen LogP contribution in [0, 0.1) is 6.92 Å². The smallest absolute Gasteiger partial charge is 0.289 e. The van der Waals surface area contributed by atoms with Gasteiger partial charge in [-0.2, -0.15) is 13.2 Å².